The molecule has 0 N–H and O–H groups in total. The number of rotatable bonds is 2. The van der Waals surface area contributed by atoms with Gasteiger partial charge in [0.25, 0.3) is 0 Å². The zero-order valence-electron chi connectivity index (χ0n) is 24.8. The van der Waals surface area contributed by atoms with Crippen molar-refractivity contribution in [2.45, 2.75) is 19.3 Å². The molecule has 4 nitrogen and oxygen atoms in total. The zero-order valence-corrected chi connectivity index (χ0v) is 24.8. The molecule has 2 aromatic heterocycles. The first kappa shape index (κ1) is 25.4. The second kappa shape index (κ2) is 8.96. The number of nitriles is 2. The Morgan fingerprint density at radius 1 is 0.511 bits per heavy atom. The topological polar surface area (TPSA) is 57.4 Å². The fourth-order valence-corrected chi connectivity index (χ4v) is 7.74. The van der Waals surface area contributed by atoms with Gasteiger partial charge in [-0.3, -0.25) is 0 Å². The van der Waals surface area contributed by atoms with Gasteiger partial charge in [0.05, 0.1) is 45.3 Å². The molecule has 45 heavy (non-hydrogen) atoms. The first-order chi connectivity index (χ1) is 22.0. The molecule has 0 saturated heterocycles. The molecule has 4 heteroatoms. The lowest BCUT2D eigenvalue weighted by molar-refractivity contribution is 0.661. The van der Waals surface area contributed by atoms with Gasteiger partial charge < -0.3 is 9.13 Å². The summed E-state index contributed by atoms with van der Waals surface area (Å²) in [5.74, 6) is 0. The highest BCUT2D eigenvalue weighted by Gasteiger charge is 2.37. The summed E-state index contributed by atoms with van der Waals surface area (Å²) in [4.78, 5) is 0. The van der Waals surface area contributed by atoms with E-state index in [0.717, 1.165) is 33.2 Å². The first-order valence-corrected chi connectivity index (χ1v) is 15.2. The van der Waals surface area contributed by atoms with E-state index in [-0.39, 0.29) is 5.41 Å². The van der Waals surface area contributed by atoms with E-state index < -0.39 is 0 Å². The highest BCUT2D eigenvalue weighted by Crippen LogP contribution is 2.53. The lowest BCUT2D eigenvalue weighted by atomic mass is 9.82. The maximum atomic E-state index is 9.64. The summed E-state index contributed by atoms with van der Waals surface area (Å²) in [6, 6.07) is 47.0. The molecule has 6 aromatic carbocycles. The summed E-state index contributed by atoms with van der Waals surface area (Å²) in [5.41, 5.74) is 12.9. The van der Waals surface area contributed by atoms with Crippen LogP contribution in [0.2, 0.25) is 0 Å². The van der Waals surface area contributed by atoms with Crippen LogP contribution in [0.4, 0.5) is 0 Å². The van der Waals surface area contributed by atoms with Gasteiger partial charge in [0.2, 0.25) is 0 Å². The van der Waals surface area contributed by atoms with E-state index in [0.29, 0.717) is 11.1 Å². The van der Waals surface area contributed by atoms with Gasteiger partial charge in [-0.15, -0.1) is 0 Å². The highest BCUT2D eigenvalue weighted by atomic mass is 15.0. The van der Waals surface area contributed by atoms with Crippen molar-refractivity contribution in [2.75, 3.05) is 0 Å². The van der Waals surface area contributed by atoms with E-state index in [1.54, 1.807) is 0 Å². The Kier molecular flexibility index (Phi) is 5.06. The average Bonchev–Trinajstić information content (AvgIpc) is 3.67. The van der Waals surface area contributed by atoms with Crippen molar-refractivity contribution in [3.63, 3.8) is 0 Å². The van der Waals surface area contributed by atoms with E-state index >= 15 is 0 Å². The highest BCUT2D eigenvalue weighted by molar-refractivity contribution is 6.18. The molecule has 0 radical (unpaired) electrons. The van der Waals surface area contributed by atoms with Crippen LogP contribution in [0, 0.1) is 22.7 Å². The number of hydrogen-bond donors (Lipinski definition) is 0. The Morgan fingerprint density at radius 2 is 1.09 bits per heavy atom. The van der Waals surface area contributed by atoms with E-state index in [1.807, 2.05) is 36.4 Å². The van der Waals surface area contributed by atoms with Gasteiger partial charge in [0, 0.05) is 38.3 Å². The SMILES string of the molecule is CC1(C)c2ccccc2-c2c1ccc1c2c2ccccc2n1-c1cccc(-n2c3ccc(C#N)cc3c3cc(C#N)ccc32)c1. The molecule has 0 saturated carbocycles. The van der Waals surface area contributed by atoms with E-state index in [2.05, 4.69) is 120 Å². The van der Waals surface area contributed by atoms with Crippen molar-refractivity contribution in [1.82, 2.24) is 9.13 Å². The van der Waals surface area contributed by atoms with Crippen LogP contribution < -0.4 is 0 Å². The number of benzene rings is 6. The van der Waals surface area contributed by atoms with Gasteiger partial charge in [0.1, 0.15) is 0 Å². The van der Waals surface area contributed by atoms with Crippen molar-refractivity contribution >= 4 is 43.6 Å². The van der Waals surface area contributed by atoms with Crippen molar-refractivity contribution in [3.05, 3.63) is 144 Å². The molecule has 1 aliphatic rings. The number of nitrogens with zero attached hydrogens (tertiary/aromatic N) is 4. The second-order valence-electron chi connectivity index (χ2n) is 12.4. The summed E-state index contributed by atoms with van der Waals surface area (Å²) in [7, 11) is 0. The van der Waals surface area contributed by atoms with Crippen molar-refractivity contribution < 1.29 is 0 Å². The Balaban J connectivity index is 1.34. The number of fused-ring (bicyclic) bond motifs is 10. The van der Waals surface area contributed by atoms with Crippen LogP contribution in [0.3, 0.4) is 0 Å². The molecule has 0 aliphatic heterocycles. The van der Waals surface area contributed by atoms with Gasteiger partial charge in [-0.1, -0.05) is 68.4 Å². The molecule has 0 atom stereocenters. The summed E-state index contributed by atoms with van der Waals surface area (Å²) in [6.45, 7) is 4.66. The smallest absolute Gasteiger partial charge is 0.0991 e. The van der Waals surface area contributed by atoms with Gasteiger partial charge in [0.15, 0.2) is 0 Å². The quantitative estimate of drug-likeness (QED) is 0.206. The van der Waals surface area contributed by atoms with Crippen LogP contribution in [-0.4, -0.2) is 9.13 Å². The molecule has 9 rings (SSSR count). The lowest BCUT2D eigenvalue weighted by Gasteiger charge is -2.21. The molecule has 0 bridgehead atoms. The Hall–Kier alpha value is -6.10. The predicted molar refractivity (Wildman–Crippen MR) is 182 cm³/mol. The minimum atomic E-state index is -0.0728. The second-order valence-corrected chi connectivity index (χ2v) is 12.4. The molecule has 210 valence electrons. The van der Waals surface area contributed by atoms with Crippen LogP contribution in [0.15, 0.2) is 121 Å². The Morgan fingerprint density at radius 3 is 1.78 bits per heavy atom. The monoisotopic (exact) mass is 574 g/mol. The summed E-state index contributed by atoms with van der Waals surface area (Å²) < 4.78 is 4.62. The van der Waals surface area contributed by atoms with Crippen molar-refractivity contribution in [3.8, 4) is 34.6 Å². The fourth-order valence-electron chi connectivity index (χ4n) is 7.74. The normalized spacial score (nSPS) is 13.2. The third kappa shape index (κ3) is 3.34. The number of hydrogen-bond acceptors (Lipinski definition) is 2. The minimum Gasteiger partial charge on any atom is -0.309 e. The van der Waals surface area contributed by atoms with Crippen molar-refractivity contribution in [1.29, 1.82) is 10.5 Å². The van der Waals surface area contributed by atoms with Crippen LogP contribution in [0.1, 0.15) is 36.1 Å². The maximum absolute atomic E-state index is 9.64. The predicted octanol–water partition coefficient (Wildman–Crippen LogP) is 9.93. The molecule has 0 unspecified atom stereocenters. The number of para-hydroxylation sites is 1. The third-order valence-electron chi connectivity index (χ3n) is 9.75. The number of aromatic nitrogens is 2. The Bertz CT molecular complexity index is 2580. The van der Waals surface area contributed by atoms with Gasteiger partial charge in [-0.2, -0.15) is 10.5 Å². The largest absolute Gasteiger partial charge is 0.309 e. The van der Waals surface area contributed by atoms with E-state index in [4.69, 9.17) is 0 Å². The fraction of sp³-hybridized carbons (Fsp3) is 0.0732. The molecule has 1 aliphatic carbocycles. The third-order valence-corrected chi connectivity index (χ3v) is 9.75. The zero-order chi connectivity index (χ0) is 30.4. The van der Waals surface area contributed by atoms with Crippen molar-refractivity contribution in [2.24, 2.45) is 0 Å². The van der Waals surface area contributed by atoms with Gasteiger partial charge >= 0.3 is 0 Å². The lowest BCUT2D eigenvalue weighted by Crippen LogP contribution is -2.14. The van der Waals surface area contributed by atoms with E-state index in [9.17, 15) is 10.5 Å². The summed E-state index contributed by atoms with van der Waals surface area (Å²) >= 11 is 0. The molecule has 2 heterocycles. The molecule has 0 fully saturated rings. The first-order valence-electron chi connectivity index (χ1n) is 15.2. The Labute approximate surface area is 260 Å². The molecular formula is C41H26N4. The average molecular weight is 575 g/mol. The molecule has 8 aromatic rings. The molecular weight excluding hydrogens is 548 g/mol. The van der Waals surface area contributed by atoms with E-state index in [1.165, 1.54) is 44.1 Å². The summed E-state index contributed by atoms with van der Waals surface area (Å²) in [5, 5.41) is 23.7. The van der Waals surface area contributed by atoms with Crippen LogP contribution >= 0.6 is 0 Å². The van der Waals surface area contributed by atoms with Gasteiger partial charge in [-0.25, -0.2) is 0 Å². The minimum absolute atomic E-state index is 0.0728. The van der Waals surface area contributed by atoms with Gasteiger partial charge in [-0.05, 0) is 89.0 Å². The maximum Gasteiger partial charge on any atom is 0.0991 e. The molecule has 0 spiro atoms. The standard InChI is InChI=1S/C41H26N4/c1-41(2)33-12-5-3-10-29(33)39-34(41)16-19-38-40(39)30-11-4-6-13-35(30)45(38)28-9-7-8-27(22-28)44-36-17-14-25(23-42)20-31(36)32-21-26(24-43)15-18-37(32)44/h3-22H,1-2H3. The summed E-state index contributed by atoms with van der Waals surface area (Å²) in [6.07, 6.45) is 0. The van der Waals surface area contributed by atoms with Crippen LogP contribution in [0.25, 0.3) is 66.1 Å². The molecule has 0 amide bonds. The van der Waals surface area contributed by atoms with Crippen LogP contribution in [-0.2, 0) is 5.41 Å². The van der Waals surface area contributed by atoms with Crippen LogP contribution in [0.5, 0.6) is 0 Å².